The fraction of sp³-hybridized carbons (Fsp3) is 0.533. The van der Waals surface area contributed by atoms with Crippen molar-refractivity contribution in [3.8, 4) is 0 Å². The third kappa shape index (κ3) is 4.62. The number of hydrogen-bond acceptors (Lipinski definition) is 2. The Morgan fingerprint density at radius 2 is 2.37 bits per heavy atom. The number of hydrogen-bond donors (Lipinski definition) is 2. The predicted octanol–water partition coefficient (Wildman–Crippen LogP) is 2.50. The molecule has 0 radical (unpaired) electrons. The van der Waals surface area contributed by atoms with Gasteiger partial charge in [0.1, 0.15) is 0 Å². The van der Waals surface area contributed by atoms with Crippen LogP contribution >= 0.6 is 15.9 Å². The van der Waals surface area contributed by atoms with Crippen LogP contribution in [0.4, 0.5) is 0 Å². The Morgan fingerprint density at radius 1 is 1.53 bits per heavy atom. The molecule has 0 spiro atoms. The zero-order chi connectivity index (χ0) is 13.7. The summed E-state index contributed by atoms with van der Waals surface area (Å²) in [6.07, 6.45) is 2.39. The molecule has 1 heterocycles. The largest absolute Gasteiger partial charge is 0.353 e. The Morgan fingerprint density at radius 3 is 3.11 bits per heavy atom. The minimum absolute atomic E-state index is 0.165. The average Bonchev–Trinajstić information content (AvgIpc) is 2.39. The van der Waals surface area contributed by atoms with Crippen molar-refractivity contribution in [1.29, 1.82) is 0 Å². The number of carbonyl (C=O) groups excluding carboxylic acids is 1. The molecule has 4 heteroatoms. The van der Waals surface area contributed by atoms with Crippen molar-refractivity contribution >= 4 is 21.8 Å². The van der Waals surface area contributed by atoms with Crippen LogP contribution in [0.15, 0.2) is 28.7 Å². The molecule has 1 saturated heterocycles. The number of amides is 1. The Balaban J connectivity index is 1.78. The summed E-state index contributed by atoms with van der Waals surface area (Å²) >= 11 is 3.45. The van der Waals surface area contributed by atoms with Crippen molar-refractivity contribution in [2.75, 3.05) is 13.1 Å². The lowest BCUT2D eigenvalue weighted by Gasteiger charge is -2.30. The first-order valence-electron chi connectivity index (χ1n) is 6.89. The van der Waals surface area contributed by atoms with Gasteiger partial charge in [-0.25, -0.2) is 0 Å². The Labute approximate surface area is 123 Å². The number of piperidine rings is 1. The highest BCUT2D eigenvalue weighted by Crippen LogP contribution is 2.14. The van der Waals surface area contributed by atoms with E-state index in [-0.39, 0.29) is 5.91 Å². The van der Waals surface area contributed by atoms with Gasteiger partial charge >= 0.3 is 0 Å². The summed E-state index contributed by atoms with van der Waals surface area (Å²) in [6.45, 7) is 4.18. The quantitative estimate of drug-likeness (QED) is 0.893. The monoisotopic (exact) mass is 324 g/mol. The Hall–Kier alpha value is -0.870. The maximum Gasteiger partial charge on any atom is 0.220 e. The topological polar surface area (TPSA) is 41.1 Å². The lowest BCUT2D eigenvalue weighted by molar-refractivity contribution is -0.122. The van der Waals surface area contributed by atoms with Crippen LogP contribution in [0.2, 0.25) is 0 Å². The van der Waals surface area contributed by atoms with E-state index in [4.69, 9.17) is 0 Å². The van der Waals surface area contributed by atoms with E-state index in [1.165, 1.54) is 5.56 Å². The number of rotatable bonds is 4. The van der Waals surface area contributed by atoms with E-state index in [9.17, 15) is 4.79 Å². The molecule has 0 bridgehead atoms. The molecule has 1 aromatic rings. The van der Waals surface area contributed by atoms with Gasteiger partial charge in [-0.3, -0.25) is 4.79 Å². The molecule has 104 valence electrons. The molecule has 1 aliphatic rings. The van der Waals surface area contributed by atoms with E-state index in [2.05, 4.69) is 45.6 Å². The van der Waals surface area contributed by atoms with Crippen LogP contribution in [0.25, 0.3) is 0 Å². The van der Waals surface area contributed by atoms with Crippen molar-refractivity contribution in [3.63, 3.8) is 0 Å². The van der Waals surface area contributed by atoms with Gasteiger partial charge in [0.05, 0.1) is 0 Å². The van der Waals surface area contributed by atoms with Gasteiger partial charge in [-0.2, -0.15) is 0 Å². The van der Waals surface area contributed by atoms with Crippen LogP contribution in [0.1, 0.15) is 25.3 Å². The number of aryl methyl sites for hydroxylation is 1. The van der Waals surface area contributed by atoms with Gasteiger partial charge in [-0.1, -0.05) is 35.0 Å². The number of benzene rings is 1. The molecule has 2 rings (SSSR count). The van der Waals surface area contributed by atoms with Crippen molar-refractivity contribution in [3.05, 3.63) is 34.3 Å². The van der Waals surface area contributed by atoms with Gasteiger partial charge in [-0.15, -0.1) is 0 Å². The van der Waals surface area contributed by atoms with E-state index in [1.807, 2.05) is 12.1 Å². The molecule has 0 aliphatic carbocycles. The molecule has 2 atom stereocenters. The van der Waals surface area contributed by atoms with Gasteiger partial charge in [0, 0.05) is 16.9 Å². The lowest BCUT2D eigenvalue weighted by Crippen LogP contribution is -2.48. The number of nitrogens with one attached hydrogen (secondary N) is 2. The van der Waals surface area contributed by atoms with Crippen LogP contribution < -0.4 is 10.6 Å². The predicted molar refractivity (Wildman–Crippen MR) is 81.0 cm³/mol. The minimum Gasteiger partial charge on any atom is -0.353 e. The fourth-order valence-corrected chi connectivity index (χ4v) is 2.90. The van der Waals surface area contributed by atoms with Gasteiger partial charge in [-0.05, 0) is 49.5 Å². The molecule has 1 amide bonds. The second-order valence-electron chi connectivity index (χ2n) is 5.27. The number of halogens is 1. The summed E-state index contributed by atoms with van der Waals surface area (Å²) in [5, 5.41) is 6.51. The van der Waals surface area contributed by atoms with Gasteiger partial charge < -0.3 is 10.6 Å². The van der Waals surface area contributed by atoms with Gasteiger partial charge in [0.15, 0.2) is 0 Å². The standard InChI is InChI=1S/C15H21BrN2O/c1-11-10-17-8-7-14(11)18-15(19)6-5-12-3-2-4-13(16)9-12/h2-4,9,11,14,17H,5-8,10H2,1H3,(H,18,19). The maximum absolute atomic E-state index is 12.0. The fourth-order valence-electron chi connectivity index (χ4n) is 2.46. The summed E-state index contributed by atoms with van der Waals surface area (Å²) in [5.41, 5.74) is 1.20. The summed E-state index contributed by atoms with van der Waals surface area (Å²) in [5.74, 6) is 0.683. The molecule has 2 N–H and O–H groups in total. The van der Waals surface area contributed by atoms with Gasteiger partial charge in [0.2, 0.25) is 5.91 Å². The van der Waals surface area contributed by atoms with E-state index in [0.29, 0.717) is 18.4 Å². The third-order valence-electron chi connectivity index (χ3n) is 3.66. The number of carbonyl (C=O) groups is 1. The molecular weight excluding hydrogens is 304 g/mol. The lowest BCUT2D eigenvalue weighted by atomic mass is 9.95. The second-order valence-corrected chi connectivity index (χ2v) is 6.19. The Bertz CT molecular complexity index is 436. The molecule has 1 aliphatic heterocycles. The highest BCUT2D eigenvalue weighted by molar-refractivity contribution is 9.10. The highest BCUT2D eigenvalue weighted by atomic mass is 79.9. The first-order chi connectivity index (χ1) is 9.15. The summed E-state index contributed by atoms with van der Waals surface area (Å²) < 4.78 is 1.07. The Kier molecular flexibility index (Phi) is 5.40. The first kappa shape index (κ1) is 14.5. The van der Waals surface area contributed by atoms with Crippen molar-refractivity contribution in [1.82, 2.24) is 10.6 Å². The smallest absolute Gasteiger partial charge is 0.220 e. The second kappa shape index (κ2) is 7.06. The van der Waals surface area contributed by atoms with Crippen LogP contribution in [0, 0.1) is 5.92 Å². The normalized spacial score (nSPS) is 23.1. The van der Waals surface area contributed by atoms with E-state index in [0.717, 1.165) is 30.4 Å². The third-order valence-corrected chi connectivity index (χ3v) is 4.15. The molecule has 0 aromatic heterocycles. The van der Waals surface area contributed by atoms with Crippen molar-refractivity contribution < 1.29 is 4.79 Å². The SMILES string of the molecule is CC1CNCCC1NC(=O)CCc1cccc(Br)c1. The summed E-state index contributed by atoms with van der Waals surface area (Å²) in [4.78, 5) is 12.0. The summed E-state index contributed by atoms with van der Waals surface area (Å²) in [7, 11) is 0. The van der Waals surface area contributed by atoms with E-state index < -0.39 is 0 Å². The molecule has 2 unspecified atom stereocenters. The maximum atomic E-state index is 12.0. The summed E-state index contributed by atoms with van der Waals surface area (Å²) in [6, 6.07) is 8.47. The molecule has 19 heavy (non-hydrogen) atoms. The average molecular weight is 325 g/mol. The molecule has 3 nitrogen and oxygen atoms in total. The van der Waals surface area contributed by atoms with Gasteiger partial charge in [0.25, 0.3) is 0 Å². The van der Waals surface area contributed by atoms with E-state index in [1.54, 1.807) is 0 Å². The molecular formula is C15H21BrN2O. The van der Waals surface area contributed by atoms with Crippen molar-refractivity contribution in [2.24, 2.45) is 5.92 Å². The minimum atomic E-state index is 0.165. The van der Waals surface area contributed by atoms with Crippen LogP contribution in [0.5, 0.6) is 0 Å². The molecule has 1 aromatic carbocycles. The molecule has 1 fully saturated rings. The zero-order valence-electron chi connectivity index (χ0n) is 11.3. The zero-order valence-corrected chi connectivity index (χ0v) is 12.9. The first-order valence-corrected chi connectivity index (χ1v) is 7.69. The van der Waals surface area contributed by atoms with Crippen LogP contribution in [-0.2, 0) is 11.2 Å². The highest BCUT2D eigenvalue weighted by Gasteiger charge is 2.22. The van der Waals surface area contributed by atoms with Crippen LogP contribution in [0.3, 0.4) is 0 Å². The molecule has 0 saturated carbocycles. The van der Waals surface area contributed by atoms with Crippen LogP contribution in [-0.4, -0.2) is 25.0 Å². The van der Waals surface area contributed by atoms with Crippen molar-refractivity contribution in [2.45, 2.75) is 32.2 Å². The van der Waals surface area contributed by atoms with E-state index >= 15 is 0 Å².